The summed E-state index contributed by atoms with van der Waals surface area (Å²) in [6.45, 7) is 7.58. The Labute approximate surface area is 103 Å². The Morgan fingerprint density at radius 2 is 1.88 bits per heavy atom. The van der Waals surface area contributed by atoms with Crippen LogP contribution in [0, 0.1) is 5.82 Å². The Bertz CT molecular complexity index is 359. The lowest BCUT2D eigenvalue weighted by Crippen LogP contribution is -2.46. The summed E-state index contributed by atoms with van der Waals surface area (Å²) in [5.74, 6) is -0.164. The second-order valence-corrected chi connectivity index (χ2v) is 5.38. The van der Waals surface area contributed by atoms with E-state index in [0.29, 0.717) is 0 Å². The van der Waals surface area contributed by atoms with Gasteiger partial charge in [0.1, 0.15) is 5.82 Å². The van der Waals surface area contributed by atoms with Crippen LogP contribution in [-0.2, 0) is 0 Å². The summed E-state index contributed by atoms with van der Waals surface area (Å²) in [7, 11) is 0. The fourth-order valence-corrected chi connectivity index (χ4v) is 2.22. The molecule has 1 N–H and O–H groups in total. The lowest BCUT2D eigenvalue weighted by molar-refractivity contribution is 0.346. The van der Waals surface area contributed by atoms with E-state index in [2.05, 4.69) is 24.1 Å². The van der Waals surface area contributed by atoms with Gasteiger partial charge in [0.15, 0.2) is 0 Å². The van der Waals surface area contributed by atoms with E-state index in [0.717, 1.165) is 38.2 Å². The SMILES string of the molecule is CC1(C)CCN(c2ccc(F)cc2)CCCN1. The van der Waals surface area contributed by atoms with Crippen LogP contribution in [0.1, 0.15) is 26.7 Å². The van der Waals surface area contributed by atoms with Gasteiger partial charge in [-0.2, -0.15) is 0 Å². The van der Waals surface area contributed by atoms with Gasteiger partial charge in [-0.15, -0.1) is 0 Å². The maximum Gasteiger partial charge on any atom is 0.123 e. The highest BCUT2D eigenvalue weighted by atomic mass is 19.1. The van der Waals surface area contributed by atoms with Crippen molar-refractivity contribution in [1.29, 1.82) is 0 Å². The molecule has 1 aliphatic rings. The molecule has 0 radical (unpaired) electrons. The highest BCUT2D eigenvalue weighted by molar-refractivity contribution is 5.46. The summed E-state index contributed by atoms with van der Waals surface area (Å²) < 4.78 is 12.9. The first kappa shape index (κ1) is 12.4. The Morgan fingerprint density at radius 3 is 2.59 bits per heavy atom. The van der Waals surface area contributed by atoms with E-state index in [4.69, 9.17) is 0 Å². The molecule has 0 aliphatic carbocycles. The van der Waals surface area contributed by atoms with Gasteiger partial charge in [0.2, 0.25) is 0 Å². The van der Waals surface area contributed by atoms with Crippen LogP contribution in [-0.4, -0.2) is 25.2 Å². The van der Waals surface area contributed by atoms with Crippen molar-refractivity contribution in [3.63, 3.8) is 0 Å². The maximum atomic E-state index is 12.9. The highest BCUT2D eigenvalue weighted by Crippen LogP contribution is 2.19. The predicted octanol–water partition coefficient (Wildman–Crippen LogP) is 2.79. The van der Waals surface area contributed by atoms with Crippen molar-refractivity contribution in [2.75, 3.05) is 24.5 Å². The molecule has 0 atom stereocenters. The van der Waals surface area contributed by atoms with Gasteiger partial charge in [-0.25, -0.2) is 4.39 Å². The van der Waals surface area contributed by atoms with Crippen molar-refractivity contribution in [3.05, 3.63) is 30.1 Å². The molecule has 1 fully saturated rings. The van der Waals surface area contributed by atoms with E-state index in [1.165, 1.54) is 12.1 Å². The molecular weight excluding hydrogens is 215 g/mol. The minimum Gasteiger partial charge on any atom is -0.371 e. The number of hydrogen-bond donors (Lipinski definition) is 1. The summed E-state index contributed by atoms with van der Waals surface area (Å²) in [6.07, 6.45) is 2.23. The molecule has 0 aromatic heterocycles. The van der Waals surface area contributed by atoms with Crippen LogP contribution in [0.25, 0.3) is 0 Å². The molecule has 0 unspecified atom stereocenters. The second-order valence-electron chi connectivity index (χ2n) is 5.38. The standard InChI is InChI=1S/C14H21FN2/c1-14(2)8-11-17(10-3-9-16-14)13-6-4-12(15)5-7-13/h4-7,16H,3,8-11H2,1-2H3. The quantitative estimate of drug-likeness (QED) is 0.806. The first-order chi connectivity index (χ1) is 8.07. The van der Waals surface area contributed by atoms with Crippen molar-refractivity contribution in [2.45, 2.75) is 32.2 Å². The molecule has 0 bridgehead atoms. The maximum absolute atomic E-state index is 12.9. The number of hydrogen-bond acceptors (Lipinski definition) is 2. The van der Waals surface area contributed by atoms with Gasteiger partial charge < -0.3 is 10.2 Å². The lowest BCUT2D eigenvalue weighted by atomic mass is 9.98. The van der Waals surface area contributed by atoms with Gasteiger partial charge >= 0.3 is 0 Å². The van der Waals surface area contributed by atoms with Gasteiger partial charge in [0.05, 0.1) is 0 Å². The molecule has 1 aromatic carbocycles. The van der Waals surface area contributed by atoms with E-state index in [9.17, 15) is 4.39 Å². The molecular formula is C14H21FN2. The number of rotatable bonds is 1. The Hall–Kier alpha value is -1.09. The largest absolute Gasteiger partial charge is 0.371 e. The van der Waals surface area contributed by atoms with Crippen LogP contribution >= 0.6 is 0 Å². The molecule has 1 aromatic rings. The average molecular weight is 236 g/mol. The first-order valence-corrected chi connectivity index (χ1v) is 6.32. The van der Waals surface area contributed by atoms with Gasteiger partial charge in [0, 0.05) is 24.3 Å². The molecule has 94 valence electrons. The molecule has 1 saturated heterocycles. The fraction of sp³-hybridized carbons (Fsp3) is 0.571. The monoisotopic (exact) mass is 236 g/mol. The Balaban J connectivity index is 2.07. The molecule has 0 amide bonds. The van der Waals surface area contributed by atoms with E-state index < -0.39 is 0 Å². The summed E-state index contributed by atoms with van der Waals surface area (Å²) in [5, 5.41) is 3.56. The number of anilines is 1. The van der Waals surface area contributed by atoms with E-state index in [-0.39, 0.29) is 11.4 Å². The van der Waals surface area contributed by atoms with E-state index in [1.807, 2.05) is 12.1 Å². The Kier molecular flexibility index (Phi) is 3.67. The first-order valence-electron chi connectivity index (χ1n) is 6.32. The summed E-state index contributed by atoms with van der Waals surface area (Å²) in [5.41, 5.74) is 1.32. The molecule has 3 heteroatoms. The van der Waals surface area contributed by atoms with Crippen LogP contribution in [0.3, 0.4) is 0 Å². The second kappa shape index (κ2) is 5.05. The van der Waals surface area contributed by atoms with Crippen LogP contribution < -0.4 is 10.2 Å². The van der Waals surface area contributed by atoms with E-state index in [1.54, 1.807) is 0 Å². The molecule has 2 rings (SSSR count). The van der Waals surface area contributed by atoms with Gasteiger partial charge in [-0.3, -0.25) is 0 Å². The highest BCUT2D eigenvalue weighted by Gasteiger charge is 2.20. The van der Waals surface area contributed by atoms with Crippen molar-refractivity contribution in [2.24, 2.45) is 0 Å². The van der Waals surface area contributed by atoms with Crippen LogP contribution in [0.5, 0.6) is 0 Å². The van der Waals surface area contributed by atoms with Gasteiger partial charge in [0.25, 0.3) is 0 Å². The average Bonchev–Trinajstić information content (AvgIpc) is 2.27. The van der Waals surface area contributed by atoms with Crippen LogP contribution in [0.2, 0.25) is 0 Å². The normalized spacial score (nSPS) is 20.8. The molecule has 17 heavy (non-hydrogen) atoms. The third kappa shape index (κ3) is 3.43. The summed E-state index contributed by atoms with van der Waals surface area (Å²) in [4.78, 5) is 2.35. The predicted molar refractivity (Wildman–Crippen MR) is 69.9 cm³/mol. The zero-order valence-corrected chi connectivity index (χ0v) is 10.7. The third-order valence-electron chi connectivity index (χ3n) is 3.41. The molecule has 2 nitrogen and oxygen atoms in total. The van der Waals surface area contributed by atoms with Gasteiger partial charge in [-0.1, -0.05) is 0 Å². The fourth-order valence-electron chi connectivity index (χ4n) is 2.22. The number of nitrogens with one attached hydrogen (secondary N) is 1. The summed E-state index contributed by atoms with van der Waals surface area (Å²) in [6, 6.07) is 6.82. The van der Waals surface area contributed by atoms with Crippen molar-refractivity contribution >= 4 is 5.69 Å². The van der Waals surface area contributed by atoms with Gasteiger partial charge in [-0.05, 0) is 57.5 Å². The van der Waals surface area contributed by atoms with Crippen molar-refractivity contribution in [1.82, 2.24) is 5.32 Å². The van der Waals surface area contributed by atoms with Crippen LogP contribution in [0.4, 0.5) is 10.1 Å². The zero-order valence-electron chi connectivity index (χ0n) is 10.7. The zero-order chi connectivity index (χ0) is 12.3. The third-order valence-corrected chi connectivity index (χ3v) is 3.41. The number of nitrogens with zero attached hydrogens (tertiary/aromatic N) is 1. The smallest absolute Gasteiger partial charge is 0.123 e. The number of benzene rings is 1. The molecule has 1 heterocycles. The van der Waals surface area contributed by atoms with Crippen molar-refractivity contribution in [3.8, 4) is 0 Å². The van der Waals surface area contributed by atoms with Crippen LogP contribution in [0.15, 0.2) is 24.3 Å². The van der Waals surface area contributed by atoms with E-state index >= 15 is 0 Å². The minimum atomic E-state index is -0.164. The number of halogens is 1. The minimum absolute atomic E-state index is 0.164. The Morgan fingerprint density at radius 1 is 1.18 bits per heavy atom. The molecule has 1 aliphatic heterocycles. The molecule has 0 saturated carbocycles. The summed E-state index contributed by atoms with van der Waals surface area (Å²) >= 11 is 0. The lowest BCUT2D eigenvalue weighted by Gasteiger charge is -2.35. The molecule has 0 spiro atoms. The topological polar surface area (TPSA) is 15.3 Å². The van der Waals surface area contributed by atoms with Crippen molar-refractivity contribution < 1.29 is 4.39 Å².